The molecule has 0 saturated carbocycles. The minimum atomic E-state index is -0.480. The molecule has 0 aliphatic heterocycles. The number of hydrogen-bond donors (Lipinski definition) is 1. The van der Waals surface area contributed by atoms with Gasteiger partial charge in [-0.2, -0.15) is 5.10 Å². The number of methoxy groups -OCH3 is 1. The van der Waals surface area contributed by atoms with E-state index in [0.717, 1.165) is 0 Å². The van der Waals surface area contributed by atoms with E-state index in [9.17, 15) is 9.59 Å². The average Bonchev–Trinajstić information content (AvgIpc) is 3.03. The van der Waals surface area contributed by atoms with Gasteiger partial charge in [-0.25, -0.2) is 4.79 Å². The van der Waals surface area contributed by atoms with Crippen molar-refractivity contribution in [3.8, 4) is 0 Å². The van der Waals surface area contributed by atoms with E-state index < -0.39 is 11.9 Å². The first-order valence-corrected chi connectivity index (χ1v) is 9.18. The molecule has 6 nitrogen and oxygen atoms in total. The summed E-state index contributed by atoms with van der Waals surface area (Å²) in [6.45, 7) is 0.294. The average molecular weight is 439 g/mol. The number of esters is 1. The Hall–Kier alpha value is -2.54. The molecule has 1 amide bonds. The molecule has 3 aromatic rings. The van der Waals surface area contributed by atoms with Crippen LogP contribution in [-0.2, 0) is 11.3 Å². The smallest absolute Gasteiger partial charge is 0.337 e. The number of aromatic nitrogens is 2. The van der Waals surface area contributed by atoms with Crippen molar-refractivity contribution in [3.05, 3.63) is 80.4 Å². The Morgan fingerprint density at radius 3 is 2.21 bits per heavy atom. The molecule has 144 valence electrons. The molecule has 0 aliphatic carbocycles. The van der Waals surface area contributed by atoms with Gasteiger partial charge in [0.15, 0.2) is 5.82 Å². The maximum atomic E-state index is 12.4. The predicted molar refractivity (Wildman–Crippen MR) is 109 cm³/mol. The number of benzene rings is 2. The van der Waals surface area contributed by atoms with E-state index in [0.29, 0.717) is 33.3 Å². The Morgan fingerprint density at radius 2 is 1.61 bits per heavy atom. The van der Waals surface area contributed by atoms with Crippen molar-refractivity contribution in [2.45, 2.75) is 6.54 Å². The largest absolute Gasteiger partial charge is 0.465 e. The summed E-state index contributed by atoms with van der Waals surface area (Å²) in [6, 6.07) is 11.2. The van der Waals surface area contributed by atoms with E-state index in [-0.39, 0.29) is 10.8 Å². The molecule has 0 aliphatic rings. The first-order chi connectivity index (χ1) is 13.4. The Labute approximate surface area is 176 Å². The first kappa shape index (κ1) is 20.2. The van der Waals surface area contributed by atoms with Crippen molar-refractivity contribution in [2.24, 2.45) is 0 Å². The topological polar surface area (TPSA) is 73.2 Å². The van der Waals surface area contributed by atoms with Gasteiger partial charge in [-0.3, -0.25) is 9.48 Å². The normalized spacial score (nSPS) is 10.6. The fourth-order valence-electron chi connectivity index (χ4n) is 2.46. The minimum absolute atomic E-state index is 0.201. The van der Waals surface area contributed by atoms with E-state index in [4.69, 9.17) is 34.8 Å². The van der Waals surface area contributed by atoms with Crippen molar-refractivity contribution in [1.29, 1.82) is 0 Å². The van der Waals surface area contributed by atoms with Crippen LogP contribution in [0.5, 0.6) is 0 Å². The second-order valence-electron chi connectivity index (χ2n) is 5.75. The fourth-order valence-corrected chi connectivity index (χ4v) is 3.18. The molecular weight excluding hydrogens is 425 g/mol. The minimum Gasteiger partial charge on any atom is -0.465 e. The molecule has 0 atom stereocenters. The number of carbonyl (C=O) groups is 2. The van der Waals surface area contributed by atoms with Crippen molar-refractivity contribution >= 4 is 52.5 Å². The Morgan fingerprint density at radius 1 is 1.00 bits per heavy atom. The van der Waals surface area contributed by atoms with Crippen LogP contribution in [0.15, 0.2) is 48.7 Å². The standard InChI is InChI=1S/C19H14Cl3N3O3/c1-28-19(27)12-7-5-11(6-8-12)18(26)23-17-16(22)10-25(24-17)9-13-14(20)3-2-4-15(13)21/h2-8,10H,9H2,1H3,(H,23,24,26). The van der Waals surface area contributed by atoms with Crippen LogP contribution in [0.2, 0.25) is 15.1 Å². The molecule has 0 radical (unpaired) electrons. The van der Waals surface area contributed by atoms with E-state index in [1.54, 1.807) is 24.4 Å². The number of rotatable bonds is 5. The highest BCUT2D eigenvalue weighted by Gasteiger charge is 2.15. The summed E-state index contributed by atoms with van der Waals surface area (Å²) in [6.07, 6.45) is 1.57. The maximum Gasteiger partial charge on any atom is 0.337 e. The quantitative estimate of drug-likeness (QED) is 0.573. The van der Waals surface area contributed by atoms with Gasteiger partial charge >= 0.3 is 5.97 Å². The predicted octanol–water partition coefficient (Wildman–Crippen LogP) is 4.93. The van der Waals surface area contributed by atoms with Gasteiger partial charge in [-0.15, -0.1) is 0 Å². The maximum absolute atomic E-state index is 12.4. The molecule has 1 heterocycles. The first-order valence-electron chi connectivity index (χ1n) is 8.04. The van der Waals surface area contributed by atoms with Crippen LogP contribution in [0.25, 0.3) is 0 Å². The van der Waals surface area contributed by atoms with Crippen LogP contribution in [0, 0.1) is 0 Å². The van der Waals surface area contributed by atoms with Gasteiger partial charge in [-0.05, 0) is 36.4 Å². The third-order valence-corrected chi connectivity index (χ3v) is 4.88. The van der Waals surface area contributed by atoms with E-state index >= 15 is 0 Å². The highest BCUT2D eigenvalue weighted by atomic mass is 35.5. The molecule has 28 heavy (non-hydrogen) atoms. The summed E-state index contributed by atoms with van der Waals surface area (Å²) in [5.41, 5.74) is 1.38. The van der Waals surface area contributed by atoms with Gasteiger partial charge in [-0.1, -0.05) is 40.9 Å². The number of ether oxygens (including phenoxy) is 1. The summed E-state index contributed by atoms with van der Waals surface area (Å²) in [5, 5.41) is 8.20. The zero-order chi connectivity index (χ0) is 20.3. The van der Waals surface area contributed by atoms with Gasteiger partial charge in [0.2, 0.25) is 0 Å². The molecule has 1 aromatic heterocycles. The lowest BCUT2D eigenvalue weighted by Gasteiger charge is -2.07. The summed E-state index contributed by atoms with van der Waals surface area (Å²) in [5.74, 6) is -0.696. The summed E-state index contributed by atoms with van der Waals surface area (Å²) in [7, 11) is 1.29. The van der Waals surface area contributed by atoms with Crippen molar-refractivity contribution in [3.63, 3.8) is 0 Å². The molecule has 0 fully saturated rings. The molecule has 0 unspecified atom stereocenters. The molecule has 0 spiro atoms. The van der Waals surface area contributed by atoms with E-state index in [2.05, 4.69) is 15.2 Å². The summed E-state index contributed by atoms with van der Waals surface area (Å²) >= 11 is 18.5. The Bertz CT molecular complexity index is 1010. The van der Waals surface area contributed by atoms with Crippen molar-refractivity contribution in [1.82, 2.24) is 9.78 Å². The Balaban J connectivity index is 1.74. The van der Waals surface area contributed by atoms with Gasteiger partial charge in [0.1, 0.15) is 5.02 Å². The molecular formula is C19H14Cl3N3O3. The molecule has 0 bridgehead atoms. The highest BCUT2D eigenvalue weighted by Crippen LogP contribution is 2.27. The van der Waals surface area contributed by atoms with Crippen LogP contribution in [0.4, 0.5) is 5.82 Å². The second kappa shape index (κ2) is 8.65. The van der Waals surface area contributed by atoms with E-state index in [1.807, 2.05) is 0 Å². The van der Waals surface area contributed by atoms with Crippen molar-refractivity contribution in [2.75, 3.05) is 12.4 Å². The van der Waals surface area contributed by atoms with Crippen LogP contribution >= 0.6 is 34.8 Å². The summed E-state index contributed by atoms with van der Waals surface area (Å²) in [4.78, 5) is 23.9. The number of nitrogens with zero attached hydrogens (tertiary/aromatic N) is 2. The monoisotopic (exact) mass is 437 g/mol. The number of carbonyl (C=O) groups excluding carboxylic acids is 2. The molecule has 9 heteroatoms. The number of hydrogen-bond acceptors (Lipinski definition) is 4. The molecule has 0 saturated heterocycles. The van der Waals surface area contributed by atoms with Gasteiger partial charge in [0.25, 0.3) is 5.91 Å². The molecule has 1 N–H and O–H groups in total. The number of halogens is 3. The SMILES string of the molecule is COC(=O)c1ccc(C(=O)Nc2nn(Cc3c(Cl)cccc3Cl)cc2Cl)cc1. The van der Waals surface area contributed by atoms with Crippen LogP contribution in [0.1, 0.15) is 26.3 Å². The van der Waals surface area contributed by atoms with Crippen molar-refractivity contribution < 1.29 is 14.3 Å². The second-order valence-corrected chi connectivity index (χ2v) is 6.97. The third kappa shape index (κ3) is 4.47. The van der Waals surface area contributed by atoms with Crippen LogP contribution in [-0.4, -0.2) is 28.8 Å². The zero-order valence-electron chi connectivity index (χ0n) is 14.6. The molecule has 2 aromatic carbocycles. The highest BCUT2D eigenvalue weighted by molar-refractivity contribution is 6.36. The van der Waals surface area contributed by atoms with Crippen LogP contribution < -0.4 is 5.32 Å². The summed E-state index contributed by atoms with van der Waals surface area (Å²) < 4.78 is 6.16. The fraction of sp³-hybridized carbons (Fsp3) is 0.105. The van der Waals surface area contributed by atoms with E-state index in [1.165, 1.54) is 36.1 Å². The van der Waals surface area contributed by atoms with Gasteiger partial charge < -0.3 is 10.1 Å². The lowest BCUT2D eigenvalue weighted by atomic mass is 10.1. The van der Waals surface area contributed by atoms with Gasteiger partial charge in [0, 0.05) is 27.4 Å². The number of nitrogens with one attached hydrogen (secondary N) is 1. The lowest BCUT2D eigenvalue weighted by Crippen LogP contribution is -2.13. The number of anilines is 1. The van der Waals surface area contributed by atoms with Gasteiger partial charge in [0.05, 0.1) is 19.2 Å². The number of amides is 1. The third-order valence-electron chi connectivity index (χ3n) is 3.90. The lowest BCUT2D eigenvalue weighted by molar-refractivity contribution is 0.0600. The van der Waals surface area contributed by atoms with Crippen LogP contribution in [0.3, 0.4) is 0 Å². The Kier molecular flexibility index (Phi) is 6.24. The zero-order valence-corrected chi connectivity index (χ0v) is 16.8. The molecule has 3 rings (SSSR count).